The van der Waals surface area contributed by atoms with Gasteiger partial charge >= 0.3 is 5.97 Å². The smallest absolute Gasteiger partial charge is 0.320 e. The number of rotatable bonds is 8. The van der Waals surface area contributed by atoms with Crippen molar-refractivity contribution in [2.45, 2.75) is 45.3 Å². The van der Waals surface area contributed by atoms with Gasteiger partial charge in [-0.2, -0.15) is 0 Å². The van der Waals surface area contributed by atoms with E-state index in [2.05, 4.69) is 0 Å². The molecule has 0 radical (unpaired) electrons. The van der Waals surface area contributed by atoms with Gasteiger partial charge < -0.3 is 9.84 Å². The van der Waals surface area contributed by atoms with Crippen LogP contribution < -0.4 is 4.74 Å². The fourth-order valence-electron chi connectivity index (χ4n) is 2.69. The molecule has 0 amide bonds. The summed E-state index contributed by atoms with van der Waals surface area (Å²) in [6.07, 6.45) is 2.15. The molecule has 1 heterocycles. The highest BCUT2D eigenvalue weighted by Crippen LogP contribution is 2.32. The molecule has 1 saturated carbocycles. The zero-order valence-electron chi connectivity index (χ0n) is 13.9. The van der Waals surface area contributed by atoms with Crippen LogP contribution in [0.1, 0.15) is 32.4 Å². The highest BCUT2D eigenvalue weighted by molar-refractivity contribution is 7.13. The first-order valence-electron chi connectivity index (χ1n) is 8.24. The zero-order valence-corrected chi connectivity index (χ0v) is 14.8. The Morgan fingerprint density at radius 3 is 2.71 bits per heavy atom. The molecular formula is C18H22N2O3S. The largest absolute Gasteiger partial charge is 0.494 e. The van der Waals surface area contributed by atoms with Crippen molar-refractivity contribution in [2.75, 3.05) is 6.61 Å². The summed E-state index contributed by atoms with van der Waals surface area (Å²) in [6, 6.07) is 7.81. The average Bonchev–Trinajstić information content (AvgIpc) is 3.31. The van der Waals surface area contributed by atoms with Crippen LogP contribution >= 0.6 is 11.3 Å². The predicted molar refractivity (Wildman–Crippen MR) is 94.4 cm³/mol. The van der Waals surface area contributed by atoms with E-state index in [1.807, 2.05) is 41.5 Å². The van der Waals surface area contributed by atoms with E-state index in [0.29, 0.717) is 19.2 Å². The van der Waals surface area contributed by atoms with Crippen molar-refractivity contribution in [3.05, 3.63) is 35.3 Å². The SMILES string of the molecule is CCOc1ccc(-c2nc(CN(C3CC3)C(C)C(=O)O)cs2)cc1. The Bertz CT molecular complexity index is 695. The van der Waals surface area contributed by atoms with E-state index < -0.39 is 12.0 Å². The summed E-state index contributed by atoms with van der Waals surface area (Å²) < 4.78 is 5.46. The second-order valence-corrected chi connectivity index (χ2v) is 6.88. The van der Waals surface area contributed by atoms with Crippen molar-refractivity contribution in [2.24, 2.45) is 0 Å². The van der Waals surface area contributed by atoms with Gasteiger partial charge in [-0.05, 0) is 51.0 Å². The van der Waals surface area contributed by atoms with Gasteiger partial charge in [0.1, 0.15) is 16.8 Å². The van der Waals surface area contributed by atoms with Gasteiger partial charge in [0.2, 0.25) is 0 Å². The molecule has 0 aliphatic heterocycles. The molecule has 1 aliphatic rings. The van der Waals surface area contributed by atoms with Crippen LogP contribution in [0.5, 0.6) is 5.75 Å². The molecule has 3 rings (SSSR count). The number of thiazole rings is 1. The van der Waals surface area contributed by atoms with Crippen LogP contribution in [0.3, 0.4) is 0 Å². The maximum absolute atomic E-state index is 11.3. The van der Waals surface area contributed by atoms with Gasteiger partial charge in [-0.15, -0.1) is 11.3 Å². The molecule has 1 fully saturated rings. The molecule has 1 aromatic carbocycles. The molecular weight excluding hydrogens is 324 g/mol. The van der Waals surface area contributed by atoms with Gasteiger partial charge in [-0.3, -0.25) is 9.69 Å². The summed E-state index contributed by atoms with van der Waals surface area (Å²) in [7, 11) is 0. The topological polar surface area (TPSA) is 62.7 Å². The minimum absolute atomic E-state index is 0.381. The molecule has 1 aromatic heterocycles. The van der Waals surface area contributed by atoms with Gasteiger partial charge in [0.15, 0.2) is 0 Å². The molecule has 1 unspecified atom stereocenters. The summed E-state index contributed by atoms with van der Waals surface area (Å²) in [5.41, 5.74) is 1.99. The van der Waals surface area contributed by atoms with Crippen LogP contribution in [0.15, 0.2) is 29.6 Å². The van der Waals surface area contributed by atoms with E-state index in [1.165, 1.54) is 0 Å². The molecule has 1 N–H and O–H groups in total. The van der Waals surface area contributed by atoms with Crippen molar-refractivity contribution in [1.29, 1.82) is 0 Å². The van der Waals surface area contributed by atoms with Crippen molar-refractivity contribution in [3.8, 4) is 16.3 Å². The molecule has 24 heavy (non-hydrogen) atoms. The van der Waals surface area contributed by atoms with Gasteiger partial charge in [-0.1, -0.05) is 0 Å². The first kappa shape index (κ1) is 16.9. The van der Waals surface area contributed by atoms with E-state index in [9.17, 15) is 9.90 Å². The van der Waals surface area contributed by atoms with Gasteiger partial charge in [0, 0.05) is 23.5 Å². The monoisotopic (exact) mass is 346 g/mol. The highest BCUT2D eigenvalue weighted by atomic mass is 32.1. The lowest BCUT2D eigenvalue weighted by Gasteiger charge is -2.25. The third-order valence-electron chi connectivity index (χ3n) is 4.18. The average molecular weight is 346 g/mol. The second-order valence-electron chi connectivity index (χ2n) is 6.02. The van der Waals surface area contributed by atoms with E-state index in [4.69, 9.17) is 9.72 Å². The number of benzene rings is 1. The lowest BCUT2D eigenvalue weighted by molar-refractivity contribution is -0.143. The fraction of sp³-hybridized carbons (Fsp3) is 0.444. The van der Waals surface area contributed by atoms with E-state index >= 15 is 0 Å². The Labute approximate surface area is 145 Å². The first-order valence-corrected chi connectivity index (χ1v) is 9.12. The summed E-state index contributed by atoms with van der Waals surface area (Å²) in [5.74, 6) is 0.0806. The third-order valence-corrected chi connectivity index (χ3v) is 5.12. The standard InChI is InChI=1S/C18H22N2O3S/c1-3-23-16-8-4-13(5-9-16)17-19-14(11-24-17)10-20(15-6-7-15)12(2)18(21)22/h4-5,8-9,11-12,15H,3,6-7,10H2,1-2H3,(H,21,22). The van der Waals surface area contributed by atoms with Crippen LogP contribution in [0, 0.1) is 0 Å². The summed E-state index contributed by atoms with van der Waals surface area (Å²) >= 11 is 1.59. The number of ether oxygens (including phenoxy) is 1. The number of carbonyl (C=O) groups is 1. The summed E-state index contributed by atoms with van der Waals surface area (Å²) in [6.45, 7) is 4.95. The number of nitrogens with zero attached hydrogens (tertiary/aromatic N) is 2. The van der Waals surface area contributed by atoms with Gasteiger partial charge in [-0.25, -0.2) is 4.98 Å². The maximum Gasteiger partial charge on any atom is 0.320 e. The Kier molecular flexibility index (Phi) is 5.16. The van der Waals surface area contributed by atoms with Crippen LogP contribution in [0.25, 0.3) is 10.6 Å². The molecule has 128 valence electrons. The van der Waals surface area contributed by atoms with Gasteiger partial charge in [0.05, 0.1) is 12.3 Å². The normalized spacial score (nSPS) is 15.5. The molecule has 5 nitrogen and oxygen atoms in total. The molecule has 1 aliphatic carbocycles. The lowest BCUT2D eigenvalue weighted by atomic mass is 10.2. The minimum atomic E-state index is -0.774. The summed E-state index contributed by atoms with van der Waals surface area (Å²) in [5, 5.41) is 12.3. The molecule has 6 heteroatoms. The highest BCUT2D eigenvalue weighted by Gasteiger charge is 2.35. The molecule has 0 saturated heterocycles. The molecule has 1 atom stereocenters. The fourth-order valence-corrected chi connectivity index (χ4v) is 3.51. The van der Waals surface area contributed by atoms with Crippen molar-refractivity contribution >= 4 is 17.3 Å². The number of aromatic nitrogens is 1. The third kappa shape index (κ3) is 3.94. The van der Waals surface area contributed by atoms with Crippen LogP contribution in [0.2, 0.25) is 0 Å². The summed E-state index contributed by atoms with van der Waals surface area (Å²) in [4.78, 5) is 18.0. The lowest BCUT2D eigenvalue weighted by Crippen LogP contribution is -2.40. The predicted octanol–water partition coefficient (Wildman–Crippen LogP) is 3.65. The molecule has 2 aromatic rings. The Balaban J connectivity index is 1.71. The maximum atomic E-state index is 11.3. The van der Waals surface area contributed by atoms with Crippen molar-refractivity contribution in [3.63, 3.8) is 0 Å². The van der Waals surface area contributed by atoms with E-state index in [-0.39, 0.29) is 0 Å². The molecule has 0 spiro atoms. The number of carboxylic acids is 1. The number of carboxylic acid groups (broad SMARTS) is 1. The quantitative estimate of drug-likeness (QED) is 0.790. The minimum Gasteiger partial charge on any atom is -0.494 e. The van der Waals surface area contributed by atoms with Crippen molar-refractivity contribution < 1.29 is 14.6 Å². The molecule has 0 bridgehead atoms. The first-order chi connectivity index (χ1) is 11.6. The zero-order chi connectivity index (χ0) is 17.1. The van der Waals surface area contributed by atoms with Crippen LogP contribution in [0.4, 0.5) is 0 Å². The van der Waals surface area contributed by atoms with Crippen LogP contribution in [-0.4, -0.2) is 39.7 Å². The van der Waals surface area contributed by atoms with Crippen LogP contribution in [-0.2, 0) is 11.3 Å². The van der Waals surface area contributed by atoms with E-state index in [1.54, 1.807) is 18.3 Å². The second kappa shape index (κ2) is 7.32. The van der Waals surface area contributed by atoms with Crippen molar-refractivity contribution in [1.82, 2.24) is 9.88 Å². The number of hydrogen-bond acceptors (Lipinski definition) is 5. The Morgan fingerprint density at radius 1 is 1.42 bits per heavy atom. The Hall–Kier alpha value is -1.92. The van der Waals surface area contributed by atoms with Gasteiger partial charge in [0.25, 0.3) is 0 Å². The number of hydrogen-bond donors (Lipinski definition) is 1. The van der Waals surface area contributed by atoms with E-state index in [0.717, 1.165) is 34.9 Å². The Morgan fingerprint density at radius 2 is 2.12 bits per heavy atom. The number of aliphatic carboxylic acids is 1.